The molecule has 1 aliphatic heterocycles. The maximum absolute atomic E-state index is 9.98. The number of ether oxygens (including phenoxy) is 3. The molecule has 8 heteroatoms. The van der Waals surface area contributed by atoms with Gasteiger partial charge in [0.25, 0.3) is 8.32 Å². The zero-order valence-corrected chi connectivity index (χ0v) is 22.5. The van der Waals surface area contributed by atoms with Crippen LogP contribution >= 0.6 is 0 Å². The molecule has 1 fully saturated rings. The molecule has 184 valence electrons. The van der Waals surface area contributed by atoms with E-state index in [0.29, 0.717) is 43.6 Å². The van der Waals surface area contributed by atoms with Crippen LogP contribution in [0.15, 0.2) is 18.7 Å². The van der Waals surface area contributed by atoms with E-state index in [1.54, 1.807) is 20.3 Å². The van der Waals surface area contributed by atoms with Crippen molar-refractivity contribution in [2.75, 3.05) is 40.5 Å². The lowest BCUT2D eigenvalue weighted by Crippen LogP contribution is -2.53. The number of nitrogens with zero attached hydrogens (tertiary/aromatic N) is 2. The third-order valence-electron chi connectivity index (χ3n) is 7.00. The highest BCUT2D eigenvalue weighted by atomic mass is 28.4. The van der Waals surface area contributed by atoms with Gasteiger partial charge in [-0.1, -0.05) is 26.8 Å². The molecular formula is C25H41N3O4Si. The number of morpholine rings is 1. The third kappa shape index (κ3) is 5.72. The summed E-state index contributed by atoms with van der Waals surface area (Å²) in [6.45, 7) is 19.6. The minimum absolute atomic E-state index is 0.0164. The van der Waals surface area contributed by atoms with Crippen LogP contribution in [0.2, 0.25) is 18.1 Å². The first-order chi connectivity index (χ1) is 15.4. The van der Waals surface area contributed by atoms with Gasteiger partial charge in [-0.2, -0.15) is 5.26 Å². The van der Waals surface area contributed by atoms with Gasteiger partial charge in [0, 0.05) is 36.2 Å². The van der Waals surface area contributed by atoms with Crippen molar-refractivity contribution in [3.05, 3.63) is 29.8 Å². The molecule has 0 saturated carbocycles. The quantitative estimate of drug-likeness (QED) is 0.422. The lowest BCUT2D eigenvalue weighted by molar-refractivity contribution is 0.0217. The normalized spacial score (nSPS) is 18.1. The van der Waals surface area contributed by atoms with Gasteiger partial charge in [-0.25, -0.2) is 0 Å². The molecule has 0 aromatic heterocycles. The van der Waals surface area contributed by atoms with Crippen LogP contribution in [0.4, 0.5) is 0 Å². The fraction of sp³-hybridized carbons (Fsp3) is 0.640. The van der Waals surface area contributed by atoms with Gasteiger partial charge in [0.2, 0.25) is 0 Å². The summed E-state index contributed by atoms with van der Waals surface area (Å²) < 4.78 is 23.7. The van der Waals surface area contributed by atoms with Crippen LogP contribution in [0.5, 0.6) is 17.2 Å². The molecule has 0 bridgehead atoms. The Bertz CT molecular complexity index is 870. The summed E-state index contributed by atoms with van der Waals surface area (Å²) in [6, 6.07) is 3.39. The highest BCUT2D eigenvalue weighted by Crippen LogP contribution is 2.47. The monoisotopic (exact) mass is 475 g/mol. The van der Waals surface area contributed by atoms with Crippen LogP contribution in [-0.2, 0) is 4.74 Å². The zero-order valence-electron chi connectivity index (χ0n) is 21.5. The summed E-state index contributed by atoms with van der Waals surface area (Å²) in [7, 11) is 1.13. The molecule has 2 unspecified atom stereocenters. The first kappa shape index (κ1) is 27.2. The lowest BCUT2D eigenvalue weighted by Gasteiger charge is -2.38. The minimum Gasteiger partial charge on any atom is -0.541 e. The number of nitrogens with two attached hydrogens (primary N) is 1. The average Bonchev–Trinajstić information content (AvgIpc) is 2.75. The fourth-order valence-electron chi connectivity index (χ4n) is 4.01. The molecule has 1 aromatic carbocycles. The molecular weight excluding hydrogens is 434 g/mol. The van der Waals surface area contributed by atoms with Crippen molar-refractivity contribution >= 4 is 8.32 Å². The van der Waals surface area contributed by atoms with Crippen molar-refractivity contribution in [3.63, 3.8) is 0 Å². The summed E-state index contributed by atoms with van der Waals surface area (Å²) in [5.41, 5.74) is 8.43. The van der Waals surface area contributed by atoms with Crippen LogP contribution in [-0.4, -0.2) is 65.8 Å². The predicted molar refractivity (Wildman–Crippen MR) is 135 cm³/mol. The first-order valence-corrected chi connectivity index (χ1v) is 14.4. The molecule has 1 heterocycles. The van der Waals surface area contributed by atoms with Gasteiger partial charge >= 0.3 is 0 Å². The standard InChI is InChI=1S/C25H41N3O4Si/c1-10-18(22(27)20(16-26)28-11-13-31-14-12-28)19-15-21(32-33(8,9)25(3,4)5)24(30-7)17(2)23(19)29-6/h10,15,18,20,22H,1,11-14,27H2,2-9H3/t18?,20?,22-/m0/s1. The molecule has 2 N–H and O–H groups in total. The van der Waals surface area contributed by atoms with Crippen molar-refractivity contribution in [2.45, 2.75) is 63.8 Å². The number of hydrogen-bond donors (Lipinski definition) is 1. The highest BCUT2D eigenvalue weighted by Gasteiger charge is 2.41. The van der Waals surface area contributed by atoms with E-state index in [2.05, 4.69) is 51.4 Å². The second kappa shape index (κ2) is 10.9. The molecule has 0 amide bonds. The molecule has 3 atom stereocenters. The molecule has 7 nitrogen and oxygen atoms in total. The van der Waals surface area contributed by atoms with Gasteiger partial charge in [0.05, 0.1) is 33.5 Å². The van der Waals surface area contributed by atoms with Gasteiger partial charge in [0.1, 0.15) is 17.5 Å². The molecule has 1 aliphatic rings. The number of methoxy groups -OCH3 is 2. The van der Waals surface area contributed by atoms with E-state index in [-0.39, 0.29) is 11.0 Å². The van der Waals surface area contributed by atoms with Crippen molar-refractivity contribution in [3.8, 4) is 23.3 Å². The summed E-state index contributed by atoms with van der Waals surface area (Å²) >= 11 is 0. The van der Waals surface area contributed by atoms with E-state index in [9.17, 15) is 5.26 Å². The van der Waals surface area contributed by atoms with Crippen molar-refractivity contribution < 1.29 is 18.6 Å². The summed E-state index contributed by atoms with van der Waals surface area (Å²) in [4.78, 5) is 2.08. The van der Waals surface area contributed by atoms with Gasteiger partial charge in [-0.3, -0.25) is 4.90 Å². The van der Waals surface area contributed by atoms with Crippen LogP contribution in [0.1, 0.15) is 37.8 Å². The average molecular weight is 476 g/mol. The Morgan fingerprint density at radius 2 is 1.79 bits per heavy atom. The van der Waals surface area contributed by atoms with Gasteiger partial charge in [-0.15, -0.1) is 6.58 Å². The summed E-state index contributed by atoms with van der Waals surface area (Å²) in [5, 5.41) is 10.00. The largest absolute Gasteiger partial charge is 0.541 e. The van der Waals surface area contributed by atoms with Gasteiger partial charge in [0.15, 0.2) is 5.75 Å². The Morgan fingerprint density at radius 1 is 1.21 bits per heavy atom. The van der Waals surface area contributed by atoms with E-state index in [1.807, 2.05) is 13.0 Å². The summed E-state index contributed by atoms with van der Waals surface area (Å²) in [5.74, 6) is 1.69. The van der Waals surface area contributed by atoms with E-state index in [4.69, 9.17) is 24.4 Å². The minimum atomic E-state index is -2.15. The smallest absolute Gasteiger partial charge is 0.250 e. The Kier molecular flexibility index (Phi) is 8.99. The van der Waals surface area contributed by atoms with Crippen molar-refractivity contribution in [1.82, 2.24) is 4.90 Å². The predicted octanol–water partition coefficient (Wildman–Crippen LogP) is 4.22. The second-order valence-electron chi connectivity index (χ2n) is 10.1. The Balaban J connectivity index is 2.59. The molecule has 0 aliphatic carbocycles. The van der Waals surface area contributed by atoms with Crippen molar-refractivity contribution in [2.24, 2.45) is 5.73 Å². The van der Waals surface area contributed by atoms with Crippen LogP contribution in [0.25, 0.3) is 0 Å². The Hall–Kier alpha value is -2.05. The van der Waals surface area contributed by atoms with E-state index in [0.717, 1.165) is 11.1 Å². The van der Waals surface area contributed by atoms with Gasteiger partial charge in [-0.05, 0) is 31.1 Å². The molecule has 1 saturated heterocycles. The number of nitriles is 1. The summed E-state index contributed by atoms with van der Waals surface area (Å²) in [6.07, 6.45) is 1.80. The Labute approximate surface area is 200 Å². The Morgan fingerprint density at radius 3 is 2.24 bits per heavy atom. The molecule has 2 rings (SSSR count). The lowest BCUT2D eigenvalue weighted by atomic mass is 9.85. The van der Waals surface area contributed by atoms with Crippen LogP contribution in [0.3, 0.4) is 0 Å². The topological polar surface area (TPSA) is 90.0 Å². The van der Waals surface area contributed by atoms with Crippen LogP contribution in [0, 0.1) is 18.3 Å². The SMILES string of the molecule is C=CC(c1cc(O[Si](C)(C)C(C)(C)C)c(OC)c(C)c1OC)[C@H](N)C(C#N)N1CCOCC1. The molecule has 0 radical (unpaired) electrons. The van der Waals surface area contributed by atoms with E-state index in [1.165, 1.54) is 0 Å². The van der Waals surface area contributed by atoms with Gasteiger partial charge < -0.3 is 24.4 Å². The molecule has 1 aromatic rings. The zero-order chi connectivity index (χ0) is 25.0. The highest BCUT2D eigenvalue weighted by molar-refractivity contribution is 6.74. The molecule has 33 heavy (non-hydrogen) atoms. The van der Waals surface area contributed by atoms with Crippen molar-refractivity contribution in [1.29, 1.82) is 5.26 Å². The number of benzene rings is 1. The number of hydrogen-bond acceptors (Lipinski definition) is 7. The number of rotatable bonds is 9. The van der Waals surface area contributed by atoms with Crippen LogP contribution < -0.4 is 19.6 Å². The van der Waals surface area contributed by atoms with E-state index >= 15 is 0 Å². The third-order valence-corrected chi connectivity index (χ3v) is 11.3. The second-order valence-corrected chi connectivity index (χ2v) is 14.8. The maximum atomic E-state index is 9.98. The van der Waals surface area contributed by atoms with E-state index < -0.39 is 20.4 Å². The maximum Gasteiger partial charge on any atom is 0.250 e. The molecule has 0 spiro atoms. The first-order valence-electron chi connectivity index (χ1n) is 11.5. The fourth-order valence-corrected chi connectivity index (χ4v) is 5.01.